The minimum atomic E-state index is -0.729. The van der Waals surface area contributed by atoms with Crippen molar-refractivity contribution in [3.8, 4) is 11.5 Å². The predicted molar refractivity (Wildman–Crippen MR) is 475 cm³/mol. The number of nitrogens with zero attached hydrogens (tertiary/aromatic N) is 2. The Morgan fingerprint density at radius 1 is 0.459 bits per heavy atom. The first kappa shape index (κ1) is 87.4. The average Bonchev–Trinajstić information content (AvgIpc) is 3.48. The normalized spacial score (nSPS) is 8.99. The molecular formula is C36H44Br2N4O5S38. The Balaban J connectivity index is 0.000000642. The Kier molecular flexibility index (Phi) is 70.3. The summed E-state index contributed by atoms with van der Waals surface area (Å²) in [6.07, 6.45) is 9.43. The number of aromatic nitrogens is 2. The van der Waals surface area contributed by atoms with Gasteiger partial charge in [-0.3, -0.25) is 19.6 Å². The summed E-state index contributed by atoms with van der Waals surface area (Å²) in [7, 11) is 63.7. The van der Waals surface area contributed by atoms with Gasteiger partial charge >= 0.3 is 5.97 Å². The average molecular weight is 1990 g/mol. The van der Waals surface area contributed by atoms with E-state index in [9.17, 15) is 9.59 Å². The summed E-state index contributed by atoms with van der Waals surface area (Å²) >= 11 is 16.4. The number of pyridine rings is 2. The van der Waals surface area contributed by atoms with Gasteiger partial charge in [0.05, 0.1) is 13.2 Å². The molecule has 4 N–H and O–H groups in total. The number of hydrogen-bond donors (Lipinski definition) is 3. The zero-order chi connectivity index (χ0) is 61.7. The molecule has 0 unspecified atom stereocenters. The molecule has 0 fully saturated rings. The summed E-state index contributed by atoms with van der Waals surface area (Å²) in [5.41, 5.74) is 8.86. The van der Waals surface area contributed by atoms with Crippen LogP contribution < -0.4 is 20.5 Å². The number of amides is 1. The standard InChI is InChI=1S/C18H21BrN2O2.C12H15BrO3.C6H8N2.S38/c1-14-12-16(9-10-20-14)21-18(22)8-3-2-4-11-23-17-7-5-6-15(19)13-17;13-10-5-4-6-11(9-10)16-8-3-1-2-7-12(14)15;1-5-4-6(7)2-3-8-5;1-3-5-7-9-11-13-15-17-19-21-23-25-27-29-31-33-35-37-38-36-34-32-30-28-26-24-22-20-18-16-14-12-10-8-6-4-2/h5-7,9-10,12-13H,2-4,8,11H2,1H3,(H,20,21,22);4-6,9H,1-3,7-8H2,(H,14,15);2-4H,1H3,(H2,7,8);. The molecule has 4 aromatic rings. The number of nitrogens with two attached hydrogens (primary N) is 1. The molecule has 0 bridgehead atoms. The highest BCUT2D eigenvalue weighted by molar-refractivity contribution is 9.10. The van der Waals surface area contributed by atoms with E-state index in [1.54, 1.807) is 131 Å². The number of rotatable bonds is 15. The molecule has 2 heterocycles. The van der Waals surface area contributed by atoms with Crippen molar-refractivity contribution in [2.45, 2.75) is 65.2 Å². The van der Waals surface area contributed by atoms with Crippen LogP contribution in [0.1, 0.15) is 62.8 Å². The molecule has 0 aliphatic carbocycles. The SMILES string of the molecule is Cc1cc(N)ccn1.Cc1cc(NC(=O)CCCCCOc2cccc(Br)c2)ccn1.O=C(O)CCCCCOc1cccc(Br)c1.S=S=S=S=S=S=S=S=S=S=S=S=S=S=S=S=S=S=S=S=S=S=S=S=S=S=S=S=S=S=S=S=S=S=S=S=S=S. The Labute approximate surface area is 625 Å². The number of hydrogen-bond acceptors (Lipinski definition) is 9. The lowest BCUT2D eigenvalue weighted by molar-refractivity contribution is -0.137. The minimum Gasteiger partial charge on any atom is -0.494 e. The molecule has 0 spiro atoms. The lowest BCUT2D eigenvalue weighted by Crippen LogP contribution is -2.11. The second kappa shape index (κ2) is 68.3. The van der Waals surface area contributed by atoms with Gasteiger partial charge in [-0.1, -0.05) is 44.0 Å². The first-order valence-electron chi connectivity index (χ1n) is 21.7. The van der Waals surface area contributed by atoms with Crippen molar-refractivity contribution in [3.05, 3.63) is 106 Å². The monoisotopic (exact) mass is 1990 g/mol. The number of aryl methyl sites for hydroxylation is 2. The van der Waals surface area contributed by atoms with Crippen LogP contribution >= 0.6 is 31.9 Å². The second-order valence-corrected chi connectivity index (χ2v) is 78.6. The van der Waals surface area contributed by atoms with Crippen molar-refractivity contribution in [2.24, 2.45) is 0 Å². The molecule has 0 saturated heterocycles. The number of benzene rings is 2. The number of anilines is 2. The predicted octanol–water partition coefficient (Wildman–Crippen LogP) is 9.08. The van der Waals surface area contributed by atoms with Crippen molar-refractivity contribution < 1.29 is 24.2 Å². The van der Waals surface area contributed by atoms with Crippen LogP contribution in [0.5, 0.6) is 11.5 Å². The molecule has 0 radical (unpaired) electrons. The number of nitrogen functional groups attached to an aromatic ring is 1. The molecule has 0 saturated carbocycles. The largest absolute Gasteiger partial charge is 0.494 e. The Hall–Kier alpha value is 4.40. The van der Waals surface area contributed by atoms with Crippen LogP contribution in [0.25, 0.3) is 0 Å². The maximum atomic E-state index is 11.8. The van der Waals surface area contributed by atoms with E-state index < -0.39 is 5.97 Å². The number of carboxylic acid groups (broad SMARTS) is 1. The van der Waals surface area contributed by atoms with Crippen molar-refractivity contribution in [2.75, 3.05) is 24.3 Å². The fraction of sp³-hybridized carbons (Fsp3) is 0.333. The van der Waals surface area contributed by atoms with E-state index in [0.29, 0.717) is 19.6 Å². The van der Waals surface area contributed by atoms with E-state index in [4.69, 9.17) is 42.7 Å². The van der Waals surface area contributed by atoms with Crippen molar-refractivity contribution >= 4 is 397 Å². The van der Waals surface area contributed by atoms with Gasteiger partial charge in [-0.15, -0.1) is 0 Å². The third-order valence-corrected chi connectivity index (χ3v) is 86.1. The number of carboxylic acids is 1. The number of aliphatic carboxylic acids is 1. The minimum absolute atomic E-state index is 0.0449. The number of unbranched alkanes of at least 4 members (excludes halogenated alkanes) is 4. The summed E-state index contributed by atoms with van der Waals surface area (Å²) < 4.78 is 13.2. The number of carbonyl (C=O) groups is 2. The third-order valence-electron chi connectivity index (χ3n) is 7.29. The maximum absolute atomic E-state index is 11.8. The summed E-state index contributed by atoms with van der Waals surface area (Å²) in [6, 6.07) is 22.8. The first-order valence-corrected chi connectivity index (χ1v) is 72.6. The van der Waals surface area contributed by atoms with Crippen LogP contribution in [0.2, 0.25) is 0 Å². The van der Waals surface area contributed by atoms with E-state index in [0.717, 1.165) is 81.7 Å². The van der Waals surface area contributed by atoms with Gasteiger partial charge in [0.1, 0.15) is 11.5 Å². The highest BCUT2D eigenvalue weighted by Crippen LogP contribution is 2.19. The molecule has 49 heteroatoms. The van der Waals surface area contributed by atoms with Crippen molar-refractivity contribution in [1.29, 1.82) is 0 Å². The van der Waals surface area contributed by atoms with Crippen LogP contribution in [0.15, 0.2) is 94.1 Å². The smallest absolute Gasteiger partial charge is 0.303 e. The first-order chi connectivity index (χ1) is 41.5. The zero-order valence-electron chi connectivity index (χ0n) is 42.5. The zero-order valence-corrected chi connectivity index (χ0v) is 76.7. The van der Waals surface area contributed by atoms with Gasteiger partial charge in [-0.25, -0.2) is 0 Å². The second-order valence-electron chi connectivity index (χ2n) is 13.0. The van der Waals surface area contributed by atoms with Crippen LogP contribution in [0.4, 0.5) is 11.4 Å². The fourth-order valence-electron chi connectivity index (χ4n) is 4.41. The molecule has 0 aliphatic rings. The van der Waals surface area contributed by atoms with E-state index in [1.807, 2.05) is 270 Å². The van der Waals surface area contributed by atoms with Gasteiger partial charge < -0.3 is 25.6 Å². The molecule has 480 valence electrons. The molecule has 2 aromatic carbocycles. The molecule has 0 atom stereocenters. The van der Waals surface area contributed by atoms with Crippen molar-refractivity contribution in [1.82, 2.24) is 9.97 Å². The van der Waals surface area contributed by atoms with E-state index in [-0.39, 0.29) is 12.3 Å². The lowest BCUT2D eigenvalue weighted by atomic mass is 10.2. The summed E-state index contributed by atoms with van der Waals surface area (Å²) in [5.74, 6) is 1.02. The number of carbonyl (C=O) groups excluding carboxylic acids is 1. The Bertz CT molecular complexity index is 4380. The summed E-state index contributed by atoms with van der Waals surface area (Å²) in [6.45, 7) is 5.12. The quantitative estimate of drug-likeness (QED) is 0.0990. The summed E-state index contributed by atoms with van der Waals surface area (Å²) in [4.78, 5) is 30.2. The van der Waals surface area contributed by atoms with E-state index in [1.165, 1.54) is 17.8 Å². The Morgan fingerprint density at radius 2 is 0.788 bits per heavy atom. The van der Waals surface area contributed by atoms with Gasteiger partial charge in [0.25, 0.3) is 0 Å². The Morgan fingerprint density at radius 3 is 1.08 bits per heavy atom. The molecule has 1 amide bonds. The van der Waals surface area contributed by atoms with Crippen molar-refractivity contribution in [3.63, 3.8) is 0 Å². The van der Waals surface area contributed by atoms with Gasteiger partial charge in [0, 0.05) is 399 Å². The van der Waals surface area contributed by atoms with Gasteiger partial charge in [0.15, 0.2) is 0 Å². The molecule has 85 heavy (non-hydrogen) atoms. The number of halogens is 2. The van der Waals surface area contributed by atoms with Crippen LogP contribution in [-0.2, 0) is 352 Å². The number of nitrogens with one attached hydrogen (secondary N) is 1. The van der Waals surface area contributed by atoms with Gasteiger partial charge in [-0.2, -0.15) is 0 Å². The fourth-order valence-corrected chi connectivity index (χ4v) is 98.5. The topological polar surface area (TPSA) is 137 Å². The number of ether oxygens (including phenoxy) is 2. The van der Waals surface area contributed by atoms with Crippen LogP contribution in [-0.4, -0.2) is 40.2 Å². The third kappa shape index (κ3) is 64.2. The highest BCUT2D eigenvalue weighted by atomic mass is 79.9. The molecule has 2 aromatic heterocycles. The van der Waals surface area contributed by atoms with Gasteiger partial charge in [-0.05, 0) is 113 Å². The van der Waals surface area contributed by atoms with Gasteiger partial charge in [0.2, 0.25) is 5.91 Å². The van der Waals surface area contributed by atoms with Crippen LogP contribution in [0, 0.1) is 13.8 Å². The maximum Gasteiger partial charge on any atom is 0.303 e. The molecule has 4 rings (SSSR count). The van der Waals surface area contributed by atoms with E-state index >= 15 is 0 Å². The molecule has 0 aliphatic heterocycles. The highest BCUT2D eigenvalue weighted by Gasteiger charge is 2.03. The summed E-state index contributed by atoms with van der Waals surface area (Å²) in [5, 5.41) is 11.3. The van der Waals surface area contributed by atoms with Crippen LogP contribution in [0.3, 0.4) is 0 Å². The van der Waals surface area contributed by atoms with E-state index in [2.05, 4.69) is 47.1 Å². The molecule has 9 nitrogen and oxygen atoms in total. The molecular weight excluding hydrogens is 1950 g/mol. The lowest BCUT2D eigenvalue weighted by Gasteiger charge is -2.07.